The lowest BCUT2D eigenvalue weighted by molar-refractivity contribution is 0.0528. The number of esters is 1. The monoisotopic (exact) mass is 488 g/mol. The molecule has 1 aromatic heterocycles. The maximum Gasteiger partial charge on any atom is 0.338 e. The van der Waals surface area contributed by atoms with E-state index in [2.05, 4.69) is 47.6 Å². The summed E-state index contributed by atoms with van der Waals surface area (Å²) in [6.45, 7) is 4.69. The van der Waals surface area contributed by atoms with Crippen LogP contribution >= 0.6 is 11.6 Å². The summed E-state index contributed by atoms with van der Waals surface area (Å²) in [5, 5.41) is 16.1. The molecule has 3 aromatic carbocycles. The van der Waals surface area contributed by atoms with Crippen LogP contribution in [0.2, 0.25) is 5.15 Å². The maximum absolute atomic E-state index is 12.4. The molecule has 5 nitrogen and oxygen atoms in total. The summed E-state index contributed by atoms with van der Waals surface area (Å²) in [6.07, 6.45) is 1.78. The van der Waals surface area contributed by atoms with Gasteiger partial charge in [0.1, 0.15) is 5.15 Å². The number of carbonyl (C=O) groups excluding carboxylic acids is 1. The van der Waals surface area contributed by atoms with Crippen LogP contribution < -0.4 is 5.32 Å². The van der Waals surface area contributed by atoms with Gasteiger partial charge < -0.3 is 15.2 Å². The number of rotatable bonds is 9. The molecule has 0 aliphatic rings. The largest absolute Gasteiger partial charge is 0.462 e. The van der Waals surface area contributed by atoms with Crippen molar-refractivity contribution in [2.45, 2.75) is 32.4 Å². The van der Waals surface area contributed by atoms with Gasteiger partial charge in [-0.05, 0) is 59.9 Å². The first kappa shape index (κ1) is 24.9. The standard InChI is InChI=1S/C29H29ClN2O3/c1-3-35-29(34)26-9-5-7-24-23(6-4-8-25(24)26)21-12-10-20(11-13-21)16-19(2)31-18-27(33)22-14-15-28(30)32-17-22/h4-15,17,19,27,31,33H,3,16,18H2,1-2H3/t19-,27+/m1/s1. The molecule has 0 spiro atoms. The van der Waals surface area contributed by atoms with E-state index >= 15 is 0 Å². The second kappa shape index (κ2) is 11.5. The summed E-state index contributed by atoms with van der Waals surface area (Å²) in [6, 6.07) is 23.9. The smallest absolute Gasteiger partial charge is 0.338 e. The molecular formula is C29H29ClN2O3. The summed E-state index contributed by atoms with van der Waals surface area (Å²) < 4.78 is 5.23. The molecule has 1 heterocycles. The molecule has 35 heavy (non-hydrogen) atoms. The van der Waals surface area contributed by atoms with Gasteiger partial charge in [0.25, 0.3) is 0 Å². The third-order valence-electron chi connectivity index (χ3n) is 6.02. The second-order valence-electron chi connectivity index (χ2n) is 8.57. The van der Waals surface area contributed by atoms with Crippen molar-refractivity contribution in [1.82, 2.24) is 10.3 Å². The van der Waals surface area contributed by atoms with Gasteiger partial charge in [-0.25, -0.2) is 9.78 Å². The summed E-state index contributed by atoms with van der Waals surface area (Å²) in [5.74, 6) is -0.301. The number of pyridine rings is 1. The molecule has 0 saturated carbocycles. The Kier molecular flexibility index (Phi) is 8.13. The Bertz CT molecular complexity index is 1290. The highest BCUT2D eigenvalue weighted by Gasteiger charge is 2.14. The zero-order chi connectivity index (χ0) is 24.8. The van der Waals surface area contributed by atoms with Crippen molar-refractivity contribution in [3.05, 3.63) is 101 Å². The fourth-order valence-electron chi connectivity index (χ4n) is 4.21. The number of aromatic nitrogens is 1. The number of aliphatic hydroxyl groups is 1. The lowest BCUT2D eigenvalue weighted by atomic mass is 9.94. The minimum atomic E-state index is -0.643. The number of hydrogen-bond acceptors (Lipinski definition) is 5. The number of benzene rings is 3. The van der Waals surface area contributed by atoms with E-state index in [-0.39, 0.29) is 12.0 Å². The third-order valence-corrected chi connectivity index (χ3v) is 6.24. The number of nitrogens with zero attached hydrogens (tertiary/aromatic N) is 1. The topological polar surface area (TPSA) is 71.5 Å². The molecule has 2 N–H and O–H groups in total. The van der Waals surface area contributed by atoms with Crippen molar-refractivity contribution in [1.29, 1.82) is 0 Å². The third kappa shape index (κ3) is 6.06. The van der Waals surface area contributed by atoms with E-state index in [1.54, 1.807) is 18.3 Å². The van der Waals surface area contributed by atoms with Crippen molar-refractivity contribution in [2.24, 2.45) is 0 Å². The Morgan fingerprint density at radius 3 is 2.49 bits per heavy atom. The fraction of sp³-hybridized carbons (Fsp3) is 0.241. The SMILES string of the molecule is CCOC(=O)c1cccc2c(-c3ccc(C[C@@H](C)NC[C@H](O)c4ccc(Cl)nc4)cc3)cccc12. The number of hydrogen-bond donors (Lipinski definition) is 2. The van der Waals surface area contributed by atoms with Crippen LogP contribution in [0.25, 0.3) is 21.9 Å². The average molecular weight is 489 g/mol. The molecular weight excluding hydrogens is 460 g/mol. The molecule has 4 rings (SSSR count). The van der Waals surface area contributed by atoms with Crippen molar-refractivity contribution in [3.8, 4) is 11.1 Å². The van der Waals surface area contributed by atoms with Crippen LogP contribution in [0.5, 0.6) is 0 Å². The summed E-state index contributed by atoms with van der Waals surface area (Å²) in [7, 11) is 0. The van der Waals surface area contributed by atoms with Gasteiger partial charge in [-0.3, -0.25) is 0 Å². The summed E-state index contributed by atoms with van der Waals surface area (Å²) >= 11 is 5.82. The minimum Gasteiger partial charge on any atom is -0.462 e. The summed E-state index contributed by atoms with van der Waals surface area (Å²) in [4.78, 5) is 16.4. The van der Waals surface area contributed by atoms with Crippen LogP contribution in [0.4, 0.5) is 0 Å². The Balaban J connectivity index is 1.44. The molecule has 0 unspecified atom stereocenters. The van der Waals surface area contributed by atoms with Crippen molar-refractivity contribution in [2.75, 3.05) is 13.2 Å². The normalized spacial score (nSPS) is 12.9. The van der Waals surface area contributed by atoms with Gasteiger partial charge in [0, 0.05) is 24.3 Å². The lowest BCUT2D eigenvalue weighted by Crippen LogP contribution is -2.32. The summed E-state index contributed by atoms with van der Waals surface area (Å²) in [5.41, 5.74) is 4.68. The molecule has 0 saturated heterocycles. The molecule has 0 aliphatic carbocycles. The molecule has 0 fully saturated rings. The van der Waals surface area contributed by atoms with Crippen LogP contribution in [0, 0.1) is 0 Å². The highest BCUT2D eigenvalue weighted by molar-refractivity contribution is 6.29. The highest BCUT2D eigenvalue weighted by Crippen LogP contribution is 2.31. The molecule has 6 heteroatoms. The minimum absolute atomic E-state index is 0.181. The predicted molar refractivity (Wildman–Crippen MR) is 141 cm³/mol. The van der Waals surface area contributed by atoms with Gasteiger partial charge in [-0.2, -0.15) is 0 Å². The Hall–Kier alpha value is -3.25. The number of ether oxygens (including phenoxy) is 1. The molecule has 0 bridgehead atoms. The van der Waals surface area contributed by atoms with E-state index in [9.17, 15) is 9.90 Å². The van der Waals surface area contributed by atoms with Crippen LogP contribution in [-0.2, 0) is 11.2 Å². The van der Waals surface area contributed by atoms with E-state index in [1.165, 1.54) is 5.56 Å². The number of halogens is 1. The first-order valence-corrected chi connectivity index (χ1v) is 12.1. The van der Waals surface area contributed by atoms with Gasteiger partial charge >= 0.3 is 5.97 Å². The van der Waals surface area contributed by atoms with Crippen LogP contribution in [0.1, 0.15) is 41.4 Å². The van der Waals surface area contributed by atoms with Crippen LogP contribution in [-0.4, -0.2) is 35.3 Å². The quantitative estimate of drug-likeness (QED) is 0.224. The van der Waals surface area contributed by atoms with Gasteiger partial charge in [0.15, 0.2) is 0 Å². The van der Waals surface area contributed by atoms with Crippen molar-refractivity contribution >= 4 is 28.3 Å². The first-order valence-electron chi connectivity index (χ1n) is 11.8. The number of aliphatic hydroxyl groups excluding tert-OH is 1. The molecule has 2 atom stereocenters. The van der Waals surface area contributed by atoms with Crippen molar-refractivity contribution < 1.29 is 14.6 Å². The number of fused-ring (bicyclic) bond motifs is 1. The van der Waals surface area contributed by atoms with Crippen molar-refractivity contribution in [3.63, 3.8) is 0 Å². The Morgan fingerprint density at radius 2 is 1.77 bits per heavy atom. The van der Waals surface area contributed by atoms with E-state index in [4.69, 9.17) is 16.3 Å². The molecule has 0 aliphatic heterocycles. The zero-order valence-corrected chi connectivity index (χ0v) is 20.6. The second-order valence-corrected chi connectivity index (χ2v) is 8.95. The van der Waals surface area contributed by atoms with E-state index in [0.29, 0.717) is 23.9 Å². The highest BCUT2D eigenvalue weighted by atomic mass is 35.5. The predicted octanol–water partition coefficient (Wildman–Crippen LogP) is 5.99. The van der Waals surface area contributed by atoms with Crippen LogP contribution in [0.3, 0.4) is 0 Å². The van der Waals surface area contributed by atoms with E-state index in [0.717, 1.165) is 33.9 Å². The van der Waals surface area contributed by atoms with Gasteiger partial charge in [-0.15, -0.1) is 0 Å². The average Bonchev–Trinajstić information content (AvgIpc) is 2.87. The molecule has 0 radical (unpaired) electrons. The van der Waals surface area contributed by atoms with E-state index < -0.39 is 6.10 Å². The first-order chi connectivity index (χ1) is 17.0. The maximum atomic E-state index is 12.4. The molecule has 4 aromatic rings. The number of carbonyl (C=O) groups is 1. The van der Waals surface area contributed by atoms with Crippen LogP contribution in [0.15, 0.2) is 79.0 Å². The molecule has 0 amide bonds. The molecule has 180 valence electrons. The van der Waals surface area contributed by atoms with Gasteiger partial charge in [0.2, 0.25) is 0 Å². The number of nitrogens with one attached hydrogen (secondary N) is 1. The fourth-order valence-corrected chi connectivity index (χ4v) is 4.32. The van der Waals surface area contributed by atoms with Gasteiger partial charge in [0.05, 0.1) is 18.3 Å². The Labute approximate surface area is 210 Å². The van der Waals surface area contributed by atoms with E-state index in [1.807, 2.05) is 37.3 Å². The zero-order valence-electron chi connectivity index (χ0n) is 19.9. The lowest BCUT2D eigenvalue weighted by Gasteiger charge is -2.18. The van der Waals surface area contributed by atoms with Gasteiger partial charge in [-0.1, -0.05) is 72.3 Å². The Morgan fingerprint density at radius 1 is 1.03 bits per heavy atom.